The van der Waals surface area contributed by atoms with Crippen molar-refractivity contribution >= 4 is 37.7 Å². The third-order valence-electron chi connectivity index (χ3n) is 5.09. The quantitative estimate of drug-likeness (QED) is 0.415. The van der Waals surface area contributed by atoms with Crippen molar-refractivity contribution in [2.24, 2.45) is 0 Å². The van der Waals surface area contributed by atoms with Crippen molar-refractivity contribution in [3.05, 3.63) is 63.4 Å². The van der Waals surface area contributed by atoms with E-state index in [2.05, 4.69) is 10.3 Å². The maximum atomic E-state index is 13.6. The van der Waals surface area contributed by atoms with Gasteiger partial charge in [0.15, 0.2) is 0 Å². The number of benzene rings is 1. The standard InChI is InChI=1S/C23H24N4O4S/c1-3-5-12-24-18(28)14-26-19-15-9-8-13-25-21(15)32-20(19)22(29)27(23(26)30)16-10-6-7-11-17(16)31-4-2/h6-11,13H,3-5,12,14H2,1-2H3,(H,24,28). The number of fused-ring (bicyclic) bond motifs is 3. The lowest BCUT2D eigenvalue weighted by molar-refractivity contribution is -0.121. The van der Waals surface area contributed by atoms with Crippen molar-refractivity contribution in [2.75, 3.05) is 13.2 Å². The fourth-order valence-electron chi connectivity index (χ4n) is 3.62. The van der Waals surface area contributed by atoms with Gasteiger partial charge in [0.2, 0.25) is 5.91 Å². The van der Waals surface area contributed by atoms with Crippen LogP contribution in [0.25, 0.3) is 26.1 Å². The van der Waals surface area contributed by atoms with Crippen LogP contribution in [0.15, 0.2) is 52.2 Å². The number of ether oxygens (including phenoxy) is 1. The maximum Gasteiger partial charge on any atom is 0.336 e. The molecule has 3 aromatic heterocycles. The zero-order chi connectivity index (χ0) is 22.7. The number of unbranched alkanes of at least 4 members (excludes halogenated alkanes) is 1. The molecule has 8 nitrogen and oxygen atoms in total. The average Bonchev–Trinajstić information content (AvgIpc) is 3.18. The molecule has 0 atom stereocenters. The Morgan fingerprint density at radius 2 is 1.97 bits per heavy atom. The van der Waals surface area contributed by atoms with Crippen molar-refractivity contribution in [1.29, 1.82) is 0 Å². The second-order valence-electron chi connectivity index (χ2n) is 7.25. The third-order valence-corrected chi connectivity index (χ3v) is 6.18. The van der Waals surface area contributed by atoms with Gasteiger partial charge in [-0.05, 0) is 37.6 Å². The molecule has 0 fully saturated rings. The molecule has 0 saturated heterocycles. The second kappa shape index (κ2) is 9.35. The summed E-state index contributed by atoms with van der Waals surface area (Å²) in [5, 5.41) is 3.52. The summed E-state index contributed by atoms with van der Waals surface area (Å²) < 4.78 is 8.48. The van der Waals surface area contributed by atoms with E-state index in [1.807, 2.05) is 19.9 Å². The first-order valence-electron chi connectivity index (χ1n) is 10.6. The van der Waals surface area contributed by atoms with Crippen LogP contribution in [0.3, 0.4) is 0 Å². The van der Waals surface area contributed by atoms with Crippen LogP contribution < -0.4 is 21.3 Å². The van der Waals surface area contributed by atoms with E-state index in [-0.39, 0.29) is 12.5 Å². The van der Waals surface area contributed by atoms with Gasteiger partial charge in [-0.15, -0.1) is 11.3 Å². The molecule has 9 heteroatoms. The number of amides is 1. The number of nitrogens with one attached hydrogen (secondary N) is 1. The fourth-order valence-corrected chi connectivity index (χ4v) is 4.70. The van der Waals surface area contributed by atoms with Crippen molar-refractivity contribution < 1.29 is 9.53 Å². The van der Waals surface area contributed by atoms with Gasteiger partial charge >= 0.3 is 5.69 Å². The highest BCUT2D eigenvalue weighted by Crippen LogP contribution is 2.30. The zero-order valence-electron chi connectivity index (χ0n) is 18.0. The van der Waals surface area contributed by atoms with Crippen LogP contribution >= 0.6 is 11.3 Å². The van der Waals surface area contributed by atoms with Gasteiger partial charge in [-0.2, -0.15) is 0 Å². The number of aromatic nitrogens is 3. The number of pyridine rings is 1. The monoisotopic (exact) mass is 452 g/mol. The molecule has 32 heavy (non-hydrogen) atoms. The summed E-state index contributed by atoms with van der Waals surface area (Å²) in [6.07, 6.45) is 3.44. The molecule has 0 aliphatic carbocycles. The number of rotatable bonds is 8. The van der Waals surface area contributed by atoms with Crippen LogP contribution in [-0.4, -0.2) is 33.2 Å². The van der Waals surface area contributed by atoms with Crippen molar-refractivity contribution in [2.45, 2.75) is 33.2 Å². The number of nitrogens with zero attached hydrogens (tertiary/aromatic N) is 3. The minimum Gasteiger partial charge on any atom is -0.492 e. The van der Waals surface area contributed by atoms with Crippen molar-refractivity contribution in [1.82, 2.24) is 19.4 Å². The normalized spacial score (nSPS) is 11.2. The van der Waals surface area contributed by atoms with E-state index in [1.165, 1.54) is 15.9 Å². The van der Waals surface area contributed by atoms with Crippen LogP contribution in [0.4, 0.5) is 0 Å². The molecule has 0 bridgehead atoms. The Kier molecular flexibility index (Phi) is 6.36. The van der Waals surface area contributed by atoms with Gasteiger partial charge in [-0.3, -0.25) is 14.2 Å². The Morgan fingerprint density at radius 3 is 2.75 bits per heavy atom. The molecule has 1 amide bonds. The first-order valence-corrected chi connectivity index (χ1v) is 11.4. The molecule has 0 aliphatic heterocycles. The molecule has 0 aliphatic rings. The molecule has 3 heterocycles. The van der Waals surface area contributed by atoms with Crippen molar-refractivity contribution in [3.63, 3.8) is 0 Å². The lowest BCUT2D eigenvalue weighted by Crippen LogP contribution is -2.41. The SMILES string of the molecule is CCCCNC(=O)Cn1c(=O)n(-c2ccccc2OCC)c(=O)c2sc3ncccc3c21. The zero-order valence-corrected chi connectivity index (χ0v) is 18.8. The third kappa shape index (κ3) is 3.91. The van der Waals surface area contributed by atoms with E-state index in [4.69, 9.17) is 4.74 Å². The van der Waals surface area contributed by atoms with Crippen LogP contribution in [0.1, 0.15) is 26.7 Å². The van der Waals surface area contributed by atoms with Gasteiger partial charge in [0.1, 0.15) is 21.8 Å². The van der Waals surface area contributed by atoms with Gasteiger partial charge in [0.05, 0.1) is 17.8 Å². The molecule has 0 saturated carbocycles. The van der Waals surface area contributed by atoms with Crippen LogP contribution in [0, 0.1) is 0 Å². The summed E-state index contributed by atoms with van der Waals surface area (Å²) in [5.41, 5.74) is -0.271. The summed E-state index contributed by atoms with van der Waals surface area (Å²) in [6.45, 7) is 4.59. The first-order chi connectivity index (χ1) is 15.6. The van der Waals surface area contributed by atoms with Crippen LogP contribution in [0.2, 0.25) is 0 Å². The minimum absolute atomic E-state index is 0.198. The molecular weight excluding hydrogens is 428 g/mol. The van der Waals surface area contributed by atoms with E-state index < -0.39 is 11.2 Å². The predicted molar refractivity (Wildman–Crippen MR) is 126 cm³/mol. The van der Waals surface area contributed by atoms with Crippen molar-refractivity contribution in [3.8, 4) is 11.4 Å². The molecular formula is C23H24N4O4S. The van der Waals surface area contributed by atoms with E-state index >= 15 is 0 Å². The molecule has 1 aromatic carbocycles. The molecule has 1 N–H and O–H groups in total. The summed E-state index contributed by atoms with van der Waals surface area (Å²) in [4.78, 5) is 44.8. The largest absolute Gasteiger partial charge is 0.492 e. The Morgan fingerprint density at radius 1 is 1.16 bits per heavy atom. The smallest absolute Gasteiger partial charge is 0.336 e. The molecule has 0 radical (unpaired) electrons. The number of carbonyl (C=O) groups excluding carboxylic acids is 1. The number of carbonyl (C=O) groups is 1. The number of hydrogen-bond donors (Lipinski definition) is 1. The van der Waals surface area contributed by atoms with Crippen LogP contribution in [0.5, 0.6) is 5.75 Å². The van der Waals surface area contributed by atoms with Crippen LogP contribution in [-0.2, 0) is 11.3 Å². The molecule has 0 spiro atoms. The highest BCUT2D eigenvalue weighted by atomic mass is 32.1. The summed E-state index contributed by atoms with van der Waals surface area (Å²) >= 11 is 1.21. The lowest BCUT2D eigenvalue weighted by Gasteiger charge is -2.15. The molecule has 4 aromatic rings. The van der Waals surface area contributed by atoms with Gasteiger partial charge < -0.3 is 10.1 Å². The molecule has 0 unspecified atom stereocenters. The Bertz CT molecular complexity index is 1400. The summed E-state index contributed by atoms with van der Waals surface area (Å²) in [6, 6.07) is 10.5. The minimum atomic E-state index is -0.594. The first kappa shape index (κ1) is 21.8. The summed E-state index contributed by atoms with van der Waals surface area (Å²) in [5.74, 6) is 0.139. The number of thiophene rings is 1. The Labute approximate surface area is 188 Å². The average molecular weight is 453 g/mol. The highest BCUT2D eigenvalue weighted by Gasteiger charge is 2.22. The van der Waals surface area contributed by atoms with E-state index in [9.17, 15) is 14.4 Å². The number of para-hydroxylation sites is 2. The Hall–Kier alpha value is -3.46. The topological polar surface area (TPSA) is 95.2 Å². The Balaban J connectivity index is 1.99. The van der Waals surface area contributed by atoms with Gasteiger partial charge in [-0.25, -0.2) is 14.3 Å². The molecule has 166 valence electrons. The van der Waals surface area contributed by atoms with E-state index in [1.54, 1.807) is 36.5 Å². The summed E-state index contributed by atoms with van der Waals surface area (Å²) in [7, 11) is 0. The van der Waals surface area contributed by atoms with E-state index in [0.29, 0.717) is 45.0 Å². The van der Waals surface area contributed by atoms with Gasteiger partial charge in [-0.1, -0.05) is 25.5 Å². The van der Waals surface area contributed by atoms with Gasteiger partial charge in [0.25, 0.3) is 5.56 Å². The highest BCUT2D eigenvalue weighted by molar-refractivity contribution is 7.25. The van der Waals surface area contributed by atoms with E-state index in [0.717, 1.165) is 17.4 Å². The molecule has 4 rings (SSSR count). The number of hydrogen-bond acceptors (Lipinski definition) is 6. The van der Waals surface area contributed by atoms with Gasteiger partial charge in [0, 0.05) is 18.1 Å². The predicted octanol–water partition coefficient (Wildman–Crippen LogP) is 3.08. The maximum absolute atomic E-state index is 13.6. The second-order valence-corrected chi connectivity index (χ2v) is 8.25. The fraction of sp³-hybridized carbons (Fsp3) is 0.304. The lowest BCUT2D eigenvalue weighted by atomic mass is 10.2.